The molecule has 2 aliphatic heterocycles. The first-order valence-corrected chi connectivity index (χ1v) is 27.1. The second kappa shape index (κ2) is 16.3. The maximum absolute atomic E-state index is 6.75. The summed E-state index contributed by atoms with van der Waals surface area (Å²) in [5.41, 5.74) is 5.71. The zero-order chi connectivity index (χ0) is 43.2. The van der Waals surface area contributed by atoms with E-state index in [4.69, 9.17) is 4.74 Å². The monoisotopic (exact) mass is 881 g/mol. The van der Waals surface area contributed by atoms with Crippen molar-refractivity contribution < 1.29 is 4.74 Å². The predicted molar refractivity (Wildman–Crippen MR) is 278 cm³/mol. The van der Waals surface area contributed by atoms with Crippen LogP contribution in [0.4, 0.5) is 17.1 Å². The Hall–Kier alpha value is -7.42. The van der Waals surface area contributed by atoms with Crippen LogP contribution in [0.5, 0.6) is 11.5 Å². The Labute approximate surface area is 387 Å². The molecule has 0 aliphatic carbocycles. The minimum Gasteiger partial charge on any atom is -0.458 e. The summed E-state index contributed by atoms with van der Waals surface area (Å²) in [6.07, 6.45) is 0. The fraction of sp³-hybridized carbons (Fsp3) is 0. The number of fused-ring (bicyclic) bond motifs is 8. The van der Waals surface area contributed by atoms with Crippen molar-refractivity contribution >= 4 is 86.5 Å². The topological polar surface area (TPSA) is 12.5 Å². The molecule has 0 amide bonds. The minimum absolute atomic E-state index is 0.947. The van der Waals surface area contributed by atoms with Gasteiger partial charge in [0.15, 0.2) is 16.1 Å². The van der Waals surface area contributed by atoms with Gasteiger partial charge in [-0.15, -0.1) is 0 Å². The second-order valence-corrected chi connectivity index (χ2v) is 25.3. The molecule has 65 heavy (non-hydrogen) atoms. The Balaban J connectivity index is 1.08. The van der Waals surface area contributed by atoms with E-state index < -0.39 is 16.1 Å². The molecule has 0 fully saturated rings. The highest BCUT2D eigenvalue weighted by Gasteiger charge is 2.52. The second-order valence-electron chi connectivity index (χ2n) is 16.8. The molecule has 0 N–H and O–H groups in total. The van der Waals surface area contributed by atoms with Gasteiger partial charge in [-0.2, -0.15) is 0 Å². The van der Waals surface area contributed by atoms with E-state index in [1.54, 1.807) is 0 Å². The van der Waals surface area contributed by atoms with Crippen LogP contribution in [0.1, 0.15) is 0 Å². The number of rotatable bonds is 8. The third-order valence-corrected chi connectivity index (χ3v) is 24.6. The summed E-state index contributed by atoms with van der Waals surface area (Å²) < 4.78 is 6.75. The molecule has 1 spiro atoms. The lowest BCUT2D eigenvalue weighted by Crippen LogP contribution is -2.77. The van der Waals surface area contributed by atoms with Gasteiger partial charge in [-0.1, -0.05) is 212 Å². The molecule has 0 atom stereocenters. The highest BCUT2D eigenvalue weighted by molar-refractivity contribution is 8.00. The Morgan fingerprint density at radius 1 is 0.323 bits per heavy atom. The summed E-state index contributed by atoms with van der Waals surface area (Å²) in [6.45, 7) is 0. The number of para-hydroxylation sites is 2. The third kappa shape index (κ3) is 6.38. The van der Waals surface area contributed by atoms with E-state index in [-0.39, 0.29) is 0 Å². The van der Waals surface area contributed by atoms with Crippen LogP contribution < -0.4 is 51.1 Å². The van der Waals surface area contributed by atoms with Gasteiger partial charge in [0.1, 0.15) is 11.5 Å². The van der Waals surface area contributed by atoms with Gasteiger partial charge in [-0.3, -0.25) is 0 Å². The van der Waals surface area contributed by atoms with Gasteiger partial charge in [-0.05, 0) is 113 Å². The molecular weight excluding hydrogens is 839 g/mol. The standard InChI is InChI=1S/C60H43NOSSi2/c1-5-19-44(20-6-1)45-33-35-46(36-34-45)61(47-37-40-52(41-38-47)64(49-21-7-2-8-22-49,50-23-9-3-10-24-50)51-25-11-4-12-26-51)48-39-42-56-60(43-48)65(59-32-18-15-29-55(59)63-56)57-30-16-13-27-53(57)62-54-28-14-17-31-58(54)65/h1-43H. The lowest BCUT2D eigenvalue weighted by atomic mass is 10.0. The van der Waals surface area contributed by atoms with Crippen molar-refractivity contribution in [2.75, 3.05) is 4.90 Å². The first kappa shape index (κ1) is 39.2. The summed E-state index contributed by atoms with van der Waals surface area (Å²) in [6, 6.07) is 96.6. The lowest BCUT2D eigenvalue weighted by Gasteiger charge is -2.43. The maximum atomic E-state index is 6.75. The molecule has 0 saturated carbocycles. The largest absolute Gasteiger partial charge is 0.458 e. The van der Waals surface area contributed by atoms with Crippen LogP contribution in [0.2, 0.25) is 0 Å². The summed E-state index contributed by atoms with van der Waals surface area (Å²) in [5, 5.41) is 10.8. The molecule has 5 heteroatoms. The maximum Gasteiger partial charge on any atom is 0.190 e. The van der Waals surface area contributed by atoms with Gasteiger partial charge < -0.3 is 9.64 Å². The molecule has 12 rings (SSSR count). The van der Waals surface area contributed by atoms with Gasteiger partial charge >= 0.3 is 0 Å². The van der Waals surface area contributed by atoms with Crippen LogP contribution >= 0.6 is 11.8 Å². The smallest absolute Gasteiger partial charge is 0.190 e. The molecule has 0 aromatic heterocycles. The van der Waals surface area contributed by atoms with Crippen LogP contribution in [0.3, 0.4) is 0 Å². The van der Waals surface area contributed by atoms with E-state index in [9.17, 15) is 0 Å². The van der Waals surface area contributed by atoms with Crippen LogP contribution in [0.25, 0.3) is 11.1 Å². The van der Waals surface area contributed by atoms with Gasteiger partial charge in [0.25, 0.3) is 0 Å². The zero-order valence-electron chi connectivity index (χ0n) is 35.6. The minimum atomic E-state index is -2.90. The molecule has 2 aliphatic rings. The molecule has 2 nitrogen and oxygen atoms in total. The van der Waals surface area contributed by atoms with Crippen molar-refractivity contribution in [1.82, 2.24) is 0 Å². The van der Waals surface area contributed by atoms with E-state index in [0.29, 0.717) is 0 Å². The Morgan fingerprint density at radius 3 is 1.28 bits per heavy atom. The van der Waals surface area contributed by atoms with Gasteiger partial charge in [0.2, 0.25) is 0 Å². The van der Waals surface area contributed by atoms with Crippen molar-refractivity contribution in [3.63, 3.8) is 0 Å². The number of hydrogen-bond donors (Lipinski definition) is 0. The van der Waals surface area contributed by atoms with E-state index in [2.05, 4.69) is 266 Å². The van der Waals surface area contributed by atoms with E-state index in [1.165, 1.54) is 62.4 Å². The number of nitrogens with zero attached hydrogens (tertiary/aromatic N) is 1. The molecule has 0 bridgehead atoms. The first-order chi connectivity index (χ1) is 32.2. The first-order valence-electron chi connectivity index (χ1n) is 22.2. The summed E-state index contributed by atoms with van der Waals surface area (Å²) >= 11 is 1.89. The van der Waals surface area contributed by atoms with Crippen LogP contribution in [-0.4, -0.2) is 16.1 Å². The highest BCUT2D eigenvalue weighted by Crippen LogP contribution is 2.41. The molecule has 2 heterocycles. The van der Waals surface area contributed by atoms with Crippen molar-refractivity contribution in [1.29, 1.82) is 0 Å². The highest BCUT2D eigenvalue weighted by atomic mass is 32.2. The molecular formula is C60H43NOSSi2. The third-order valence-electron chi connectivity index (χ3n) is 13.3. The fourth-order valence-electron chi connectivity index (χ4n) is 10.5. The normalized spacial score (nSPS) is 13.1. The average molecular weight is 882 g/mol. The predicted octanol–water partition coefficient (Wildman–Crippen LogP) is 10.1. The van der Waals surface area contributed by atoms with Crippen molar-refractivity contribution in [2.45, 2.75) is 9.79 Å². The molecule has 0 saturated heterocycles. The van der Waals surface area contributed by atoms with Crippen molar-refractivity contribution in [3.05, 3.63) is 261 Å². The quantitative estimate of drug-likeness (QED) is 0.111. The van der Waals surface area contributed by atoms with Crippen molar-refractivity contribution in [3.8, 4) is 22.6 Å². The van der Waals surface area contributed by atoms with E-state index >= 15 is 0 Å². The van der Waals surface area contributed by atoms with Crippen LogP contribution in [0.15, 0.2) is 271 Å². The number of anilines is 3. The van der Waals surface area contributed by atoms with Crippen LogP contribution in [0, 0.1) is 0 Å². The average Bonchev–Trinajstić information content (AvgIpc) is 3.38. The summed E-state index contributed by atoms with van der Waals surface area (Å²) in [7, 11) is -5.63. The summed E-state index contributed by atoms with van der Waals surface area (Å²) in [5.74, 6) is 1.89. The lowest BCUT2D eigenvalue weighted by molar-refractivity contribution is 0.487. The number of benzene rings is 10. The molecule has 308 valence electrons. The van der Waals surface area contributed by atoms with E-state index in [0.717, 1.165) is 28.6 Å². The summed E-state index contributed by atoms with van der Waals surface area (Å²) in [4.78, 5) is 5.07. The number of hydrogen-bond acceptors (Lipinski definition) is 3. The number of ether oxygens (including phenoxy) is 1. The Kier molecular flexibility index (Phi) is 9.82. The van der Waals surface area contributed by atoms with Crippen molar-refractivity contribution in [2.24, 2.45) is 0 Å². The fourth-order valence-corrected chi connectivity index (χ4v) is 22.4. The van der Waals surface area contributed by atoms with Gasteiger partial charge in [-0.25, -0.2) is 0 Å². The van der Waals surface area contributed by atoms with Gasteiger partial charge in [0.05, 0.1) is 0 Å². The molecule has 0 unspecified atom stereocenters. The van der Waals surface area contributed by atoms with Gasteiger partial charge in [0, 0.05) is 26.9 Å². The molecule has 10 aromatic carbocycles. The van der Waals surface area contributed by atoms with Crippen LogP contribution in [-0.2, 0) is 0 Å². The molecule has 0 radical (unpaired) electrons. The van der Waals surface area contributed by atoms with E-state index in [1.807, 2.05) is 11.8 Å². The Bertz CT molecular complexity index is 3110. The molecule has 10 aromatic rings. The Morgan fingerprint density at radius 2 is 0.723 bits per heavy atom. The SMILES string of the molecule is c1ccc(-c2ccc(N(c3ccc([Si](c4ccccc4)(c4ccccc4)c4ccccc4)cc3)c3ccc4c(c3)[Si]3(c5ccccc5Oc5ccccc53)c3ccccc3S4)cc2)cc1. The zero-order valence-corrected chi connectivity index (χ0v) is 38.4.